The number of ether oxygens (including phenoxy) is 3. The van der Waals surface area contributed by atoms with Gasteiger partial charge in [-0.15, -0.1) is 11.3 Å². The van der Waals surface area contributed by atoms with Crippen LogP contribution in [0.3, 0.4) is 0 Å². The number of likely N-dealkylation sites (N-methyl/N-ethyl adjacent to an activating group) is 1. The molecule has 1 aliphatic rings. The average molecular weight is 856 g/mol. The van der Waals surface area contributed by atoms with Crippen LogP contribution in [-0.2, 0) is 35.0 Å². The number of hydrogen-bond acceptors (Lipinski definition) is 10. The molecule has 2 aromatic rings. The molecule has 0 bridgehead atoms. The van der Waals surface area contributed by atoms with Gasteiger partial charge in [-0.2, -0.15) is 0 Å². The fourth-order valence-electron chi connectivity index (χ4n) is 7.84. The molecule has 0 spiro atoms. The van der Waals surface area contributed by atoms with Crippen molar-refractivity contribution < 1.29 is 38.2 Å². The zero-order chi connectivity index (χ0) is 44.9. The maximum Gasteiger partial charge on any atom is 0.410 e. The number of carbonyl (C=O) groups excluding carboxylic acids is 5. The van der Waals surface area contributed by atoms with Crippen molar-refractivity contribution in [1.29, 1.82) is 0 Å². The Hall–Kier alpha value is -4.04. The smallest absolute Gasteiger partial charge is 0.410 e. The lowest BCUT2D eigenvalue weighted by Gasteiger charge is -2.40. The first-order valence-electron chi connectivity index (χ1n) is 21.9. The van der Waals surface area contributed by atoms with Gasteiger partial charge in [0.15, 0.2) is 0 Å². The number of aromatic nitrogens is 1. The summed E-state index contributed by atoms with van der Waals surface area (Å²) in [6, 6.07) is 5.48. The Balaban J connectivity index is 1.90. The van der Waals surface area contributed by atoms with Crippen molar-refractivity contribution in [2.45, 2.75) is 163 Å². The van der Waals surface area contributed by atoms with Crippen LogP contribution in [0.1, 0.15) is 153 Å². The molecule has 60 heavy (non-hydrogen) atoms. The van der Waals surface area contributed by atoms with Gasteiger partial charge in [0.25, 0.3) is 5.91 Å². The van der Waals surface area contributed by atoms with E-state index in [4.69, 9.17) is 19.2 Å². The highest BCUT2D eigenvalue weighted by molar-refractivity contribution is 7.09. The van der Waals surface area contributed by atoms with E-state index in [1.165, 1.54) is 23.3 Å². The molecule has 0 fully saturated rings. The van der Waals surface area contributed by atoms with Crippen molar-refractivity contribution in [3.05, 3.63) is 51.5 Å². The predicted molar refractivity (Wildman–Crippen MR) is 236 cm³/mol. The fourth-order valence-corrected chi connectivity index (χ4v) is 8.70. The molecule has 1 heterocycles. The molecule has 336 valence electrons. The molecule has 2 N–H and O–H groups in total. The molecule has 3 rings (SSSR count). The van der Waals surface area contributed by atoms with Gasteiger partial charge < -0.3 is 29.7 Å². The van der Waals surface area contributed by atoms with Gasteiger partial charge in [-0.3, -0.25) is 24.1 Å². The average Bonchev–Trinajstić information content (AvgIpc) is 3.71. The van der Waals surface area contributed by atoms with Crippen LogP contribution < -0.4 is 10.6 Å². The number of amides is 4. The molecule has 4 amide bonds. The Morgan fingerprint density at radius 2 is 1.63 bits per heavy atom. The van der Waals surface area contributed by atoms with E-state index in [2.05, 4.69) is 24.5 Å². The first-order valence-corrected chi connectivity index (χ1v) is 22.8. The maximum atomic E-state index is 14.9. The van der Waals surface area contributed by atoms with E-state index in [1.807, 2.05) is 70.7 Å². The largest absolute Gasteiger partial charge is 0.469 e. The van der Waals surface area contributed by atoms with Gasteiger partial charge in [-0.25, -0.2) is 9.78 Å². The number of benzene rings is 1. The Labute approximate surface area is 363 Å². The van der Waals surface area contributed by atoms with Gasteiger partial charge in [0.1, 0.15) is 34.5 Å². The van der Waals surface area contributed by atoms with Crippen LogP contribution in [0.25, 0.3) is 0 Å². The summed E-state index contributed by atoms with van der Waals surface area (Å²) >= 11 is 1.35. The first kappa shape index (κ1) is 50.3. The highest BCUT2D eigenvalue weighted by atomic mass is 32.1. The van der Waals surface area contributed by atoms with Gasteiger partial charge in [-0.1, -0.05) is 92.5 Å². The van der Waals surface area contributed by atoms with E-state index in [9.17, 15) is 24.0 Å². The third-order valence-corrected chi connectivity index (χ3v) is 12.4. The molecule has 8 atom stereocenters. The normalized spacial score (nSPS) is 18.2. The van der Waals surface area contributed by atoms with Crippen molar-refractivity contribution in [2.24, 2.45) is 17.8 Å². The molecule has 14 heteroatoms. The maximum absolute atomic E-state index is 14.9. The van der Waals surface area contributed by atoms with E-state index in [1.54, 1.807) is 33.2 Å². The van der Waals surface area contributed by atoms with Gasteiger partial charge in [0.2, 0.25) is 11.8 Å². The van der Waals surface area contributed by atoms with Crippen molar-refractivity contribution in [2.75, 3.05) is 27.3 Å². The second kappa shape index (κ2) is 23.3. The second-order valence-corrected chi connectivity index (χ2v) is 18.6. The zero-order valence-corrected chi connectivity index (χ0v) is 39.3. The fraction of sp³-hybridized carbons (Fsp3) is 0.696. The molecule has 13 nitrogen and oxygen atoms in total. The van der Waals surface area contributed by atoms with E-state index in [0.29, 0.717) is 56.7 Å². The second-order valence-electron chi connectivity index (χ2n) is 17.7. The molecule has 1 aromatic heterocycles. The molecule has 1 aliphatic carbocycles. The molecule has 0 aliphatic heterocycles. The Kier molecular flexibility index (Phi) is 19.5. The summed E-state index contributed by atoms with van der Waals surface area (Å²) in [5.41, 5.74) is 1.45. The van der Waals surface area contributed by atoms with Crippen LogP contribution in [0.5, 0.6) is 0 Å². The van der Waals surface area contributed by atoms with Crippen LogP contribution >= 0.6 is 11.3 Å². The van der Waals surface area contributed by atoms with Crippen LogP contribution in [0.15, 0.2) is 29.6 Å². The Morgan fingerprint density at radius 1 is 0.967 bits per heavy atom. The Morgan fingerprint density at radius 3 is 2.22 bits per heavy atom. The highest BCUT2D eigenvalue weighted by Gasteiger charge is 2.40. The number of hydrogen-bond donors (Lipinski definition) is 2. The van der Waals surface area contributed by atoms with Gasteiger partial charge >= 0.3 is 12.1 Å². The lowest BCUT2D eigenvalue weighted by Crippen LogP contribution is -2.60. The number of nitrogens with one attached hydrogen (secondary N) is 2. The molecule has 0 radical (unpaired) electrons. The van der Waals surface area contributed by atoms with E-state index in [0.717, 1.165) is 17.5 Å². The quantitative estimate of drug-likeness (QED) is 0.119. The van der Waals surface area contributed by atoms with Crippen molar-refractivity contribution in [3.8, 4) is 0 Å². The van der Waals surface area contributed by atoms with Gasteiger partial charge in [0, 0.05) is 44.1 Å². The topological polar surface area (TPSA) is 156 Å². The van der Waals surface area contributed by atoms with Crippen LogP contribution in [0.4, 0.5) is 4.79 Å². The molecule has 0 saturated heterocycles. The highest BCUT2D eigenvalue weighted by Crippen LogP contribution is 2.34. The minimum atomic E-state index is -0.851. The molecule has 8 unspecified atom stereocenters. The lowest BCUT2D eigenvalue weighted by molar-refractivity contribution is -0.143. The summed E-state index contributed by atoms with van der Waals surface area (Å²) in [5, 5.41) is 8.59. The van der Waals surface area contributed by atoms with Crippen molar-refractivity contribution in [1.82, 2.24) is 25.4 Å². The number of esters is 1. The number of rotatable bonds is 21. The van der Waals surface area contributed by atoms with E-state index < -0.39 is 41.7 Å². The minimum Gasteiger partial charge on any atom is -0.469 e. The summed E-state index contributed by atoms with van der Waals surface area (Å²) < 4.78 is 17.2. The monoisotopic (exact) mass is 856 g/mol. The molecule has 0 saturated carbocycles. The van der Waals surface area contributed by atoms with Crippen molar-refractivity contribution >= 4 is 41.1 Å². The SMILES string of the molecule is CCCOC(CC(C(C)C)N(CCC)C(=O)C(NC(=O)C(C(C)CC)N(C)C(=O)OC(C)(C)C)C(C)CC)c1nc(C(=O)NC2Cc3ccccc3C(C(=O)OC)C2)cs1. The lowest BCUT2D eigenvalue weighted by atomic mass is 9.80. The first-order chi connectivity index (χ1) is 28.3. The standard InChI is InChI=1S/C46H73N5O8S/c1-14-22-51(43(54)38(29(7)16-3)49-41(53)39(30(8)17-4)50(12)45(56)59-46(9,10)11)36(28(5)6)26-37(58-23-15-2)42-48-35(27-60-42)40(52)47-32-24-31-20-18-19-21-33(31)34(25-32)44(55)57-13/h18-21,27-30,32,34,36-39H,14-17,22-26H2,1-13H3,(H,47,52)(H,49,53). The number of methoxy groups -OCH3 is 1. The van der Waals surface area contributed by atoms with Gasteiger partial charge in [0.05, 0.1) is 13.0 Å². The molecule has 1 aromatic carbocycles. The Bertz CT molecular complexity index is 1730. The number of thiazole rings is 1. The molecular weight excluding hydrogens is 783 g/mol. The molecular formula is C46H73N5O8S. The predicted octanol–water partition coefficient (Wildman–Crippen LogP) is 8.08. The minimum absolute atomic E-state index is 0.00680. The van der Waals surface area contributed by atoms with Crippen molar-refractivity contribution in [3.63, 3.8) is 0 Å². The number of nitrogens with zero attached hydrogens (tertiary/aromatic N) is 3. The summed E-state index contributed by atoms with van der Waals surface area (Å²) in [7, 11) is 2.95. The van der Waals surface area contributed by atoms with E-state index in [-0.39, 0.29) is 53.3 Å². The van der Waals surface area contributed by atoms with E-state index >= 15 is 0 Å². The summed E-state index contributed by atoms with van der Waals surface area (Å²) in [5.74, 6) is -2.12. The number of fused-ring (bicyclic) bond motifs is 1. The summed E-state index contributed by atoms with van der Waals surface area (Å²) in [6.45, 7) is 22.3. The van der Waals surface area contributed by atoms with Crippen LogP contribution in [0, 0.1) is 17.8 Å². The number of carbonyl (C=O) groups is 5. The summed E-state index contributed by atoms with van der Waals surface area (Å²) in [4.78, 5) is 76.8. The van der Waals surface area contributed by atoms with Crippen LogP contribution in [0.2, 0.25) is 0 Å². The third-order valence-electron chi connectivity index (χ3n) is 11.5. The van der Waals surface area contributed by atoms with Crippen LogP contribution in [-0.4, -0.2) is 102 Å². The van der Waals surface area contributed by atoms with Gasteiger partial charge in [-0.05, 0) is 75.3 Å². The third kappa shape index (κ3) is 13.5. The zero-order valence-electron chi connectivity index (χ0n) is 38.5. The summed E-state index contributed by atoms with van der Waals surface area (Å²) in [6.07, 6.45) is 3.06.